The Morgan fingerprint density at radius 2 is 1.86 bits per heavy atom. The lowest BCUT2D eigenvalue weighted by Crippen LogP contribution is -2.50. The molecule has 0 unspecified atom stereocenters. The predicted octanol–water partition coefficient (Wildman–Crippen LogP) is -0.439. The maximum Gasteiger partial charge on any atom is 0.337 e. The van der Waals surface area contributed by atoms with Crippen LogP contribution in [-0.2, 0) is 14.8 Å². The Bertz CT molecular complexity index is 701. The Kier molecular flexibility index (Phi) is 3.74. The molecule has 0 saturated carbocycles. The molecule has 114 valence electrons. The molecule has 9 heteroatoms. The van der Waals surface area contributed by atoms with Gasteiger partial charge in [0.25, 0.3) is 0 Å². The van der Waals surface area contributed by atoms with E-state index in [1.165, 1.54) is 24.3 Å². The number of carbonyl (C=O) groups is 2. The van der Waals surface area contributed by atoms with E-state index in [1.54, 1.807) is 0 Å². The molecule has 1 saturated heterocycles. The maximum absolute atomic E-state index is 12.5. The van der Waals surface area contributed by atoms with Crippen LogP contribution in [0.5, 0.6) is 0 Å². The minimum Gasteiger partial charge on any atom is -0.480 e. The third-order valence-corrected chi connectivity index (χ3v) is 5.33. The van der Waals surface area contributed by atoms with Gasteiger partial charge in [-0.25, -0.2) is 13.2 Å². The number of nitrogens with two attached hydrogens (primary N) is 1. The molecule has 0 radical (unpaired) electrons. The van der Waals surface area contributed by atoms with E-state index in [0.717, 1.165) is 4.31 Å². The van der Waals surface area contributed by atoms with Gasteiger partial charge in [-0.3, -0.25) is 4.79 Å². The van der Waals surface area contributed by atoms with Gasteiger partial charge in [0.2, 0.25) is 10.0 Å². The van der Waals surface area contributed by atoms with Crippen LogP contribution in [0.3, 0.4) is 0 Å². The highest BCUT2D eigenvalue weighted by Gasteiger charge is 2.46. The van der Waals surface area contributed by atoms with Gasteiger partial charge >= 0.3 is 11.9 Å². The zero-order valence-electron chi connectivity index (χ0n) is 10.9. The van der Waals surface area contributed by atoms with Crippen molar-refractivity contribution in [3.63, 3.8) is 0 Å². The summed E-state index contributed by atoms with van der Waals surface area (Å²) in [7, 11) is -4.11. The molecular weight excluding hydrogens is 300 g/mol. The Morgan fingerprint density at radius 1 is 1.24 bits per heavy atom. The van der Waals surface area contributed by atoms with Crippen molar-refractivity contribution in [2.24, 2.45) is 5.73 Å². The number of carboxylic acid groups (broad SMARTS) is 2. The van der Waals surface area contributed by atoms with E-state index in [0.29, 0.717) is 0 Å². The number of hydrogen-bond acceptors (Lipinski definition) is 5. The third-order valence-electron chi connectivity index (χ3n) is 3.43. The van der Waals surface area contributed by atoms with Crippen LogP contribution >= 0.6 is 0 Å². The zero-order chi connectivity index (χ0) is 15.8. The van der Waals surface area contributed by atoms with E-state index in [9.17, 15) is 18.0 Å². The molecule has 0 aromatic heterocycles. The normalized spacial score (nSPS) is 23.1. The summed E-state index contributed by atoms with van der Waals surface area (Å²) < 4.78 is 25.9. The molecule has 2 rings (SSSR count). The Labute approximate surface area is 120 Å². The lowest BCUT2D eigenvalue weighted by molar-refractivity contribution is -0.142. The summed E-state index contributed by atoms with van der Waals surface area (Å²) in [6, 6.07) is 5.17. The summed E-state index contributed by atoms with van der Waals surface area (Å²) >= 11 is 0. The van der Waals surface area contributed by atoms with Gasteiger partial charge in [0.15, 0.2) is 0 Å². The SMILES string of the molecule is N[C@@]1(C(=O)O)CCN(S(=O)(=O)c2ccccc2C(=O)O)C1. The van der Waals surface area contributed by atoms with Crippen molar-refractivity contribution >= 4 is 22.0 Å². The molecule has 1 heterocycles. The average Bonchev–Trinajstić information content (AvgIpc) is 2.83. The van der Waals surface area contributed by atoms with Gasteiger partial charge in [-0.15, -0.1) is 0 Å². The molecule has 4 N–H and O–H groups in total. The molecule has 1 aliphatic heterocycles. The van der Waals surface area contributed by atoms with Crippen molar-refractivity contribution in [1.29, 1.82) is 0 Å². The standard InChI is InChI=1S/C12H14N2O6S/c13-12(11(17)18)5-6-14(7-12)21(19,20)9-4-2-1-3-8(9)10(15)16/h1-4H,5-7,13H2,(H,15,16)(H,17,18)/t12-/m0/s1. The highest BCUT2D eigenvalue weighted by Crippen LogP contribution is 2.27. The van der Waals surface area contributed by atoms with E-state index >= 15 is 0 Å². The highest BCUT2D eigenvalue weighted by molar-refractivity contribution is 7.89. The summed E-state index contributed by atoms with van der Waals surface area (Å²) in [4.78, 5) is 21.8. The van der Waals surface area contributed by atoms with Gasteiger partial charge in [-0.2, -0.15) is 4.31 Å². The fraction of sp³-hybridized carbons (Fsp3) is 0.333. The van der Waals surface area contributed by atoms with Gasteiger partial charge in [-0.1, -0.05) is 12.1 Å². The van der Waals surface area contributed by atoms with Crippen molar-refractivity contribution < 1.29 is 28.2 Å². The molecule has 8 nitrogen and oxygen atoms in total. The number of benzene rings is 1. The number of carboxylic acids is 2. The van der Waals surface area contributed by atoms with Gasteiger partial charge in [0, 0.05) is 13.1 Å². The van der Waals surface area contributed by atoms with E-state index in [2.05, 4.69) is 0 Å². The van der Waals surface area contributed by atoms with Crippen LogP contribution in [-0.4, -0.2) is 53.5 Å². The molecule has 0 spiro atoms. The van der Waals surface area contributed by atoms with E-state index in [1.807, 2.05) is 0 Å². The number of nitrogens with zero attached hydrogens (tertiary/aromatic N) is 1. The van der Waals surface area contributed by atoms with Crippen LogP contribution in [0.2, 0.25) is 0 Å². The van der Waals surface area contributed by atoms with Gasteiger partial charge < -0.3 is 15.9 Å². The molecule has 1 aromatic carbocycles. The van der Waals surface area contributed by atoms with Gasteiger partial charge in [0.1, 0.15) is 5.54 Å². The summed E-state index contributed by atoms with van der Waals surface area (Å²) in [6.07, 6.45) is -0.0310. The average molecular weight is 314 g/mol. The van der Waals surface area contributed by atoms with Crippen molar-refractivity contribution in [2.45, 2.75) is 16.9 Å². The number of aromatic carboxylic acids is 1. The zero-order valence-corrected chi connectivity index (χ0v) is 11.7. The topological polar surface area (TPSA) is 138 Å². The lowest BCUT2D eigenvalue weighted by atomic mass is 10.0. The summed E-state index contributed by atoms with van der Waals surface area (Å²) in [5.41, 5.74) is 3.64. The van der Waals surface area contributed by atoms with E-state index in [-0.39, 0.29) is 23.4 Å². The van der Waals surface area contributed by atoms with Crippen LogP contribution < -0.4 is 5.73 Å². The number of hydrogen-bond donors (Lipinski definition) is 3. The van der Waals surface area contributed by atoms with Crippen molar-refractivity contribution in [2.75, 3.05) is 13.1 Å². The number of aliphatic carboxylic acids is 1. The monoisotopic (exact) mass is 314 g/mol. The second-order valence-corrected chi connectivity index (χ2v) is 6.76. The molecule has 1 aliphatic rings. The van der Waals surface area contributed by atoms with Crippen molar-refractivity contribution in [3.05, 3.63) is 29.8 Å². The quantitative estimate of drug-likeness (QED) is 0.685. The largest absolute Gasteiger partial charge is 0.480 e. The summed E-state index contributed by atoms with van der Waals surface area (Å²) in [5, 5.41) is 18.1. The summed E-state index contributed by atoms with van der Waals surface area (Å²) in [6.45, 7) is -0.461. The lowest BCUT2D eigenvalue weighted by Gasteiger charge is -2.20. The fourth-order valence-electron chi connectivity index (χ4n) is 2.18. The third kappa shape index (κ3) is 2.62. The van der Waals surface area contributed by atoms with Crippen LogP contribution in [0.4, 0.5) is 0 Å². The second kappa shape index (κ2) is 5.10. The first-order valence-electron chi connectivity index (χ1n) is 6.03. The Morgan fingerprint density at radius 3 is 2.38 bits per heavy atom. The van der Waals surface area contributed by atoms with E-state index < -0.39 is 34.0 Å². The van der Waals surface area contributed by atoms with Crippen molar-refractivity contribution in [1.82, 2.24) is 4.31 Å². The second-order valence-electron chi connectivity index (χ2n) is 4.85. The number of rotatable bonds is 4. The minimum absolute atomic E-state index is 0.0310. The van der Waals surface area contributed by atoms with Crippen LogP contribution in [0.15, 0.2) is 29.2 Å². The molecule has 21 heavy (non-hydrogen) atoms. The van der Waals surface area contributed by atoms with Crippen LogP contribution in [0.1, 0.15) is 16.8 Å². The minimum atomic E-state index is -4.11. The smallest absolute Gasteiger partial charge is 0.337 e. The fourth-order valence-corrected chi connectivity index (χ4v) is 3.88. The predicted molar refractivity (Wildman–Crippen MR) is 71.3 cm³/mol. The molecule has 1 atom stereocenters. The number of sulfonamides is 1. The van der Waals surface area contributed by atoms with Gasteiger partial charge in [0.05, 0.1) is 10.5 Å². The highest BCUT2D eigenvalue weighted by atomic mass is 32.2. The van der Waals surface area contributed by atoms with Crippen molar-refractivity contribution in [3.8, 4) is 0 Å². The molecule has 0 aliphatic carbocycles. The first kappa shape index (κ1) is 15.4. The molecular formula is C12H14N2O6S. The van der Waals surface area contributed by atoms with E-state index in [4.69, 9.17) is 15.9 Å². The Balaban J connectivity index is 2.41. The van der Waals surface area contributed by atoms with Crippen LogP contribution in [0, 0.1) is 0 Å². The molecule has 0 bridgehead atoms. The maximum atomic E-state index is 12.5. The van der Waals surface area contributed by atoms with Gasteiger partial charge in [-0.05, 0) is 18.6 Å². The molecule has 0 amide bonds. The first-order chi connectivity index (χ1) is 9.68. The molecule has 1 fully saturated rings. The first-order valence-corrected chi connectivity index (χ1v) is 7.47. The van der Waals surface area contributed by atoms with Crippen LogP contribution in [0.25, 0.3) is 0 Å². The molecule has 1 aromatic rings. The Hall–Kier alpha value is -1.97. The summed E-state index contributed by atoms with van der Waals surface area (Å²) in [5.74, 6) is -2.66.